The van der Waals surface area contributed by atoms with Crippen LogP contribution in [0.3, 0.4) is 0 Å². The molecule has 1 aromatic rings. The van der Waals surface area contributed by atoms with Crippen LogP contribution in [0.25, 0.3) is 0 Å². The van der Waals surface area contributed by atoms with E-state index < -0.39 is 0 Å². The van der Waals surface area contributed by atoms with Crippen molar-refractivity contribution in [1.29, 1.82) is 0 Å². The van der Waals surface area contributed by atoms with Gasteiger partial charge in [-0.05, 0) is 39.7 Å². The molecule has 2 heterocycles. The predicted molar refractivity (Wildman–Crippen MR) is 93.6 cm³/mol. The van der Waals surface area contributed by atoms with Crippen molar-refractivity contribution in [2.45, 2.75) is 47.0 Å². The molecule has 2 rings (SSSR count). The van der Waals surface area contributed by atoms with Crippen molar-refractivity contribution in [3.8, 4) is 0 Å². The van der Waals surface area contributed by atoms with Crippen LogP contribution in [0.5, 0.6) is 0 Å². The molecule has 0 aromatic carbocycles. The van der Waals surface area contributed by atoms with Crippen LogP contribution in [-0.2, 0) is 11.8 Å². The van der Waals surface area contributed by atoms with Gasteiger partial charge in [0.05, 0.1) is 11.6 Å². The van der Waals surface area contributed by atoms with Gasteiger partial charge in [-0.3, -0.25) is 14.4 Å². The SMILES string of the molecule is Cc1nn(C)c(C)c1C(C)C(=O)N1CCN(CCC(C)C)CC1. The maximum atomic E-state index is 12.9. The number of amides is 1. The van der Waals surface area contributed by atoms with Gasteiger partial charge in [0.2, 0.25) is 5.91 Å². The highest BCUT2D eigenvalue weighted by Crippen LogP contribution is 2.25. The minimum absolute atomic E-state index is 0.106. The highest BCUT2D eigenvalue weighted by atomic mass is 16.2. The Bertz CT molecular complexity index is 541. The number of hydrogen-bond donors (Lipinski definition) is 0. The molecule has 0 bridgehead atoms. The zero-order valence-corrected chi connectivity index (χ0v) is 15.6. The molecule has 1 aliphatic heterocycles. The molecule has 1 saturated heterocycles. The van der Waals surface area contributed by atoms with Gasteiger partial charge in [-0.1, -0.05) is 13.8 Å². The van der Waals surface area contributed by atoms with Gasteiger partial charge in [-0.25, -0.2) is 0 Å². The fourth-order valence-corrected chi connectivity index (χ4v) is 3.45. The van der Waals surface area contributed by atoms with Crippen LogP contribution in [0, 0.1) is 19.8 Å². The molecule has 5 heteroatoms. The molecule has 0 aliphatic carbocycles. The Labute approximate surface area is 140 Å². The first-order chi connectivity index (χ1) is 10.8. The third kappa shape index (κ3) is 4.14. The monoisotopic (exact) mass is 320 g/mol. The lowest BCUT2D eigenvalue weighted by atomic mass is 9.97. The quantitative estimate of drug-likeness (QED) is 0.836. The molecule has 1 aliphatic rings. The fraction of sp³-hybridized carbons (Fsp3) is 0.778. The number of rotatable bonds is 5. The highest BCUT2D eigenvalue weighted by molar-refractivity contribution is 5.84. The Hall–Kier alpha value is -1.36. The van der Waals surface area contributed by atoms with Gasteiger partial charge >= 0.3 is 0 Å². The van der Waals surface area contributed by atoms with E-state index in [9.17, 15) is 4.79 Å². The predicted octanol–water partition coefficient (Wildman–Crippen LogP) is 2.33. The highest BCUT2D eigenvalue weighted by Gasteiger charge is 2.28. The van der Waals surface area contributed by atoms with Crippen LogP contribution >= 0.6 is 0 Å². The van der Waals surface area contributed by atoms with E-state index in [2.05, 4.69) is 23.8 Å². The van der Waals surface area contributed by atoms with E-state index in [4.69, 9.17) is 0 Å². The normalized spacial score (nSPS) is 17.8. The molecular weight excluding hydrogens is 288 g/mol. The summed E-state index contributed by atoms with van der Waals surface area (Å²) in [6, 6.07) is 0. The number of nitrogens with zero attached hydrogens (tertiary/aromatic N) is 4. The molecule has 0 N–H and O–H groups in total. The van der Waals surface area contributed by atoms with Gasteiger partial charge in [-0.2, -0.15) is 5.10 Å². The summed E-state index contributed by atoms with van der Waals surface area (Å²) in [5.41, 5.74) is 3.17. The number of hydrogen-bond acceptors (Lipinski definition) is 3. The van der Waals surface area contributed by atoms with Crippen molar-refractivity contribution in [2.75, 3.05) is 32.7 Å². The van der Waals surface area contributed by atoms with Crippen molar-refractivity contribution < 1.29 is 4.79 Å². The van der Waals surface area contributed by atoms with Crippen LogP contribution in [0.2, 0.25) is 0 Å². The van der Waals surface area contributed by atoms with Gasteiger partial charge in [0.15, 0.2) is 0 Å². The first kappa shape index (κ1) is 18.0. The Morgan fingerprint density at radius 2 is 1.74 bits per heavy atom. The second kappa shape index (κ2) is 7.47. The van der Waals surface area contributed by atoms with Gasteiger partial charge in [0, 0.05) is 44.5 Å². The van der Waals surface area contributed by atoms with E-state index in [-0.39, 0.29) is 11.8 Å². The summed E-state index contributed by atoms with van der Waals surface area (Å²) >= 11 is 0. The minimum Gasteiger partial charge on any atom is -0.340 e. The van der Waals surface area contributed by atoms with Gasteiger partial charge in [-0.15, -0.1) is 0 Å². The first-order valence-corrected chi connectivity index (χ1v) is 8.82. The molecule has 0 radical (unpaired) electrons. The summed E-state index contributed by atoms with van der Waals surface area (Å²) in [7, 11) is 1.94. The van der Waals surface area contributed by atoms with E-state index >= 15 is 0 Å². The van der Waals surface area contributed by atoms with E-state index in [1.54, 1.807) is 0 Å². The fourth-order valence-electron chi connectivity index (χ4n) is 3.45. The molecule has 130 valence electrons. The number of carbonyl (C=O) groups is 1. The van der Waals surface area contributed by atoms with Crippen molar-refractivity contribution in [3.63, 3.8) is 0 Å². The van der Waals surface area contributed by atoms with E-state index in [0.29, 0.717) is 0 Å². The van der Waals surface area contributed by atoms with Crippen LogP contribution in [-0.4, -0.2) is 58.2 Å². The summed E-state index contributed by atoms with van der Waals surface area (Å²) in [4.78, 5) is 17.4. The Morgan fingerprint density at radius 1 is 1.13 bits per heavy atom. The second-order valence-electron chi connectivity index (χ2n) is 7.28. The molecular formula is C18H32N4O. The lowest BCUT2D eigenvalue weighted by Crippen LogP contribution is -2.50. The summed E-state index contributed by atoms with van der Waals surface area (Å²) in [6.07, 6.45) is 1.23. The molecule has 1 amide bonds. The zero-order chi connectivity index (χ0) is 17.1. The summed E-state index contributed by atoms with van der Waals surface area (Å²) < 4.78 is 1.87. The average Bonchev–Trinajstić information content (AvgIpc) is 2.77. The summed E-state index contributed by atoms with van der Waals surface area (Å²) in [5.74, 6) is 0.879. The van der Waals surface area contributed by atoms with Crippen molar-refractivity contribution >= 4 is 5.91 Å². The van der Waals surface area contributed by atoms with Crippen LogP contribution in [0.15, 0.2) is 0 Å². The number of aryl methyl sites for hydroxylation is 2. The van der Waals surface area contributed by atoms with Gasteiger partial charge < -0.3 is 4.90 Å². The van der Waals surface area contributed by atoms with Crippen LogP contribution in [0.1, 0.15) is 50.1 Å². The molecule has 23 heavy (non-hydrogen) atoms. The van der Waals surface area contributed by atoms with Gasteiger partial charge in [0.1, 0.15) is 0 Å². The topological polar surface area (TPSA) is 41.4 Å². The molecule has 0 saturated carbocycles. The molecule has 1 aromatic heterocycles. The Kier molecular flexibility index (Phi) is 5.84. The minimum atomic E-state index is -0.106. The Balaban J connectivity index is 1.94. The summed E-state index contributed by atoms with van der Waals surface area (Å²) in [6.45, 7) is 15.4. The number of carbonyl (C=O) groups excluding carboxylic acids is 1. The van der Waals surface area contributed by atoms with E-state index in [0.717, 1.165) is 55.6 Å². The van der Waals surface area contributed by atoms with Crippen molar-refractivity contribution in [1.82, 2.24) is 19.6 Å². The number of aromatic nitrogens is 2. The van der Waals surface area contributed by atoms with Crippen LogP contribution < -0.4 is 0 Å². The van der Waals surface area contributed by atoms with Crippen molar-refractivity contribution in [3.05, 3.63) is 17.0 Å². The number of piperazine rings is 1. The maximum Gasteiger partial charge on any atom is 0.230 e. The smallest absolute Gasteiger partial charge is 0.230 e. The van der Waals surface area contributed by atoms with Crippen LogP contribution in [0.4, 0.5) is 0 Å². The third-order valence-electron chi connectivity index (χ3n) is 5.08. The van der Waals surface area contributed by atoms with Crippen molar-refractivity contribution in [2.24, 2.45) is 13.0 Å². The van der Waals surface area contributed by atoms with Gasteiger partial charge in [0.25, 0.3) is 0 Å². The molecule has 1 atom stereocenters. The summed E-state index contributed by atoms with van der Waals surface area (Å²) in [5, 5.41) is 4.45. The average molecular weight is 320 g/mol. The molecule has 5 nitrogen and oxygen atoms in total. The second-order valence-corrected chi connectivity index (χ2v) is 7.28. The first-order valence-electron chi connectivity index (χ1n) is 8.82. The van der Waals surface area contributed by atoms with E-state index in [1.165, 1.54) is 6.42 Å². The lowest BCUT2D eigenvalue weighted by molar-refractivity contribution is -0.134. The lowest BCUT2D eigenvalue weighted by Gasteiger charge is -2.36. The largest absolute Gasteiger partial charge is 0.340 e. The standard InChI is InChI=1S/C18H32N4O/c1-13(2)7-8-21-9-11-22(12-10-21)18(23)14(3)17-15(4)19-20(6)16(17)5/h13-14H,7-12H2,1-6H3. The molecule has 1 fully saturated rings. The Morgan fingerprint density at radius 3 is 2.22 bits per heavy atom. The molecule has 0 spiro atoms. The maximum absolute atomic E-state index is 12.9. The zero-order valence-electron chi connectivity index (χ0n) is 15.6. The van der Waals surface area contributed by atoms with E-state index in [1.807, 2.05) is 37.4 Å². The third-order valence-corrected chi connectivity index (χ3v) is 5.08. The molecule has 1 unspecified atom stereocenters.